The first-order chi connectivity index (χ1) is 12.3. The molecule has 0 saturated carbocycles. The van der Waals surface area contributed by atoms with Gasteiger partial charge in [-0.3, -0.25) is 14.6 Å². The van der Waals surface area contributed by atoms with Crippen molar-refractivity contribution in [2.24, 2.45) is 0 Å². The van der Waals surface area contributed by atoms with E-state index in [-0.39, 0.29) is 18.4 Å². The largest absolute Gasteiger partial charge is 0.496 e. The van der Waals surface area contributed by atoms with Gasteiger partial charge in [0.25, 0.3) is 5.91 Å². The Morgan fingerprint density at radius 1 is 1.15 bits per heavy atom. The summed E-state index contributed by atoms with van der Waals surface area (Å²) >= 11 is 0. The van der Waals surface area contributed by atoms with Gasteiger partial charge in [-0.15, -0.1) is 0 Å². The third-order valence-electron chi connectivity index (χ3n) is 4.35. The smallest absolute Gasteiger partial charge is 0.251 e. The molecule has 0 spiro atoms. The highest BCUT2D eigenvalue weighted by atomic mass is 16.5. The van der Waals surface area contributed by atoms with Gasteiger partial charge in [0, 0.05) is 29.9 Å². The molecule has 0 saturated heterocycles. The molecule has 0 fully saturated rings. The minimum absolute atomic E-state index is 0.0638. The molecule has 26 heavy (non-hydrogen) atoms. The van der Waals surface area contributed by atoms with E-state index in [9.17, 15) is 9.59 Å². The van der Waals surface area contributed by atoms with Gasteiger partial charge in [0.15, 0.2) is 0 Å². The Balaban J connectivity index is 1.98. The molecular formula is C20H25N3O3. The molecular weight excluding hydrogens is 330 g/mol. The Morgan fingerprint density at radius 2 is 1.85 bits per heavy atom. The fourth-order valence-electron chi connectivity index (χ4n) is 2.76. The van der Waals surface area contributed by atoms with Gasteiger partial charge >= 0.3 is 0 Å². The topological polar surface area (TPSA) is 71.5 Å². The summed E-state index contributed by atoms with van der Waals surface area (Å²) < 4.78 is 5.40. The first kappa shape index (κ1) is 19.4. The molecule has 1 N–H and O–H groups in total. The number of likely N-dealkylation sites (N-methyl/N-ethyl adjacent to an activating group) is 1. The van der Waals surface area contributed by atoms with E-state index in [1.165, 1.54) is 0 Å². The molecule has 6 nitrogen and oxygen atoms in total. The second kappa shape index (κ2) is 8.47. The Kier molecular flexibility index (Phi) is 6.33. The van der Waals surface area contributed by atoms with E-state index < -0.39 is 0 Å². The van der Waals surface area contributed by atoms with Crippen molar-refractivity contribution in [2.45, 2.75) is 27.3 Å². The number of hydrogen-bond acceptors (Lipinski definition) is 4. The predicted molar refractivity (Wildman–Crippen MR) is 100 cm³/mol. The zero-order chi connectivity index (χ0) is 19.3. The van der Waals surface area contributed by atoms with Crippen molar-refractivity contribution in [1.29, 1.82) is 0 Å². The first-order valence-electron chi connectivity index (χ1n) is 8.42. The molecule has 1 heterocycles. The SMILES string of the molecule is COc1c(C)cnc(CN(C)C(=O)CNC(=O)c2ccccc2C)c1C. The molecule has 6 heteroatoms. The summed E-state index contributed by atoms with van der Waals surface area (Å²) in [6.07, 6.45) is 1.74. The Bertz CT molecular complexity index is 818. The van der Waals surface area contributed by atoms with Crippen LogP contribution in [0.15, 0.2) is 30.5 Å². The van der Waals surface area contributed by atoms with Crippen LogP contribution in [0.25, 0.3) is 0 Å². The lowest BCUT2D eigenvalue weighted by Gasteiger charge is -2.19. The number of methoxy groups -OCH3 is 1. The summed E-state index contributed by atoms with van der Waals surface area (Å²) in [6.45, 7) is 6.00. The van der Waals surface area contributed by atoms with E-state index in [1.807, 2.05) is 32.9 Å². The summed E-state index contributed by atoms with van der Waals surface area (Å²) in [5.74, 6) is 0.340. The maximum absolute atomic E-state index is 12.4. The van der Waals surface area contributed by atoms with Crippen molar-refractivity contribution in [2.75, 3.05) is 20.7 Å². The average Bonchev–Trinajstić information content (AvgIpc) is 2.62. The van der Waals surface area contributed by atoms with Crippen LogP contribution in [0, 0.1) is 20.8 Å². The van der Waals surface area contributed by atoms with Crippen LogP contribution in [0.4, 0.5) is 0 Å². The highest BCUT2D eigenvalue weighted by Gasteiger charge is 2.16. The molecule has 138 valence electrons. The molecule has 2 rings (SSSR count). The van der Waals surface area contributed by atoms with Crippen LogP contribution < -0.4 is 10.1 Å². The third-order valence-corrected chi connectivity index (χ3v) is 4.35. The van der Waals surface area contributed by atoms with Gasteiger partial charge in [0.05, 0.1) is 25.9 Å². The predicted octanol–water partition coefficient (Wildman–Crippen LogP) is 2.40. The van der Waals surface area contributed by atoms with Gasteiger partial charge < -0.3 is 15.0 Å². The third kappa shape index (κ3) is 4.39. The average molecular weight is 355 g/mol. The van der Waals surface area contributed by atoms with Crippen LogP contribution in [0.5, 0.6) is 5.75 Å². The minimum atomic E-state index is -0.254. The lowest BCUT2D eigenvalue weighted by molar-refractivity contribution is -0.129. The van der Waals surface area contributed by atoms with Crippen LogP contribution in [-0.2, 0) is 11.3 Å². The van der Waals surface area contributed by atoms with Gasteiger partial charge in [-0.05, 0) is 32.4 Å². The fourth-order valence-corrected chi connectivity index (χ4v) is 2.76. The molecule has 0 bridgehead atoms. The molecule has 0 unspecified atom stereocenters. The standard InChI is InChI=1S/C20H25N3O3/c1-13-8-6-7-9-16(13)20(25)22-11-18(24)23(4)12-17-15(3)19(26-5)14(2)10-21-17/h6-10H,11-12H2,1-5H3,(H,22,25). The number of carbonyl (C=O) groups is 2. The molecule has 0 atom stereocenters. The van der Waals surface area contributed by atoms with Crippen molar-refractivity contribution in [3.8, 4) is 5.75 Å². The van der Waals surface area contributed by atoms with Crippen molar-refractivity contribution in [3.63, 3.8) is 0 Å². The lowest BCUT2D eigenvalue weighted by atomic mass is 10.1. The summed E-state index contributed by atoms with van der Waals surface area (Å²) in [7, 11) is 3.31. The molecule has 0 aliphatic carbocycles. The molecule has 0 aliphatic heterocycles. The van der Waals surface area contributed by atoms with Crippen LogP contribution in [-0.4, -0.2) is 42.4 Å². The number of aryl methyl sites for hydroxylation is 2. The number of aromatic nitrogens is 1. The number of nitrogens with one attached hydrogen (secondary N) is 1. The Morgan fingerprint density at radius 3 is 2.50 bits per heavy atom. The summed E-state index contributed by atoms with van der Waals surface area (Å²) in [4.78, 5) is 30.5. The van der Waals surface area contributed by atoms with E-state index in [1.54, 1.807) is 37.4 Å². The molecule has 1 aromatic heterocycles. The highest BCUT2D eigenvalue weighted by molar-refractivity contribution is 5.97. The molecule has 2 aromatic rings. The number of ether oxygens (including phenoxy) is 1. The van der Waals surface area contributed by atoms with Crippen LogP contribution in [0.3, 0.4) is 0 Å². The number of rotatable bonds is 6. The first-order valence-corrected chi connectivity index (χ1v) is 8.42. The maximum Gasteiger partial charge on any atom is 0.251 e. The number of carbonyl (C=O) groups excluding carboxylic acids is 2. The second-order valence-corrected chi connectivity index (χ2v) is 6.29. The van der Waals surface area contributed by atoms with Gasteiger partial charge in [-0.25, -0.2) is 0 Å². The van der Waals surface area contributed by atoms with E-state index in [0.29, 0.717) is 12.1 Å². The normalized spacial score (nSPS) is 10.3. The minimum Gasteiger partial charge on any atom is -0.496 e. The van der Waals surface area contributed by atoms with Crippen molar-refractivity contribution in [1.82, 2.24) is 15.2 Å². The zero-order valence-electron chi connectivity index (χ0n) is 15.9. The van der Waals surface area contributed by atoms with Crippen LogP contribution in [0.2, 0.25) is 0 Å². The number of amides is 2. The number of nitrogens with zero attached hydrogens (tertiary/aromatic N) is 2. The van der Waals surface area contributed by atoms with Gasteiger partial charge in [0.1, 0.15) is 5.75 Å². The van der Waals surface area contributed by atoms with Crippen molar-refractivity contribution in [3.05, 3.63) is 58.4 Å². The van der Waals surface area contributed by atoms with Gasteiger partial charge in [-0.1, -0.05) is 18.2 Å². The van der Waals surface area contributed by atoms with E-state index in [4.69, 9.17) is 4.74 Å². The van der Waals surface area contributed by atoms with Crippen LogP contribution >= 0.6 is 0 Å². The van der Waals surface area contributed by atoms with Crippen LogP contribution in [0.1, 0.15) is 32.7 Å². The quantitative estimate of drug-likeness (QED) is 0.864. The number of pyridine rings is 1. The Labute approximate surface area is 154 Å². The van der Waals surface area contributed by atoms with Crippen molar-refractivity contribution < 1.29 is 14.3 Å². The van der Waals surface area contributed by atoms with Crippen molar-refractivity contribution >= 4 is 11.8 Å². The fraction of sp³-hybridized carbons (Fsp3) is 0.350. The summed E-state index contributed by atoms with van der Waals surface area (Å²) in [6, 6.07) is 7.28. The highest BCUT2D eigenvalue weighted by Crippen LogP contribution is 2.24. The summed E-state index contributed by atoms with van der Waals surface area (Å²) in [5.41, 5.74) is 4.08. The van der Waals surface area contributed by atoms with E-state index in [0.717, 1.165) is 28.1 Å². The number of hydrogen-bond donors (Lipinski definition) is 1. The van der Waals surface area contributed by atoms with Gasteiger partial charge in [0.2, 0.25) is 5.91 Å². The summed E-state index contributed by atoms with van der Waals surface area (Å²) in [5, 5.41) is 2.68. The molecule has 0 aliphatic rings. The lowest BCUT2D eigenvalue weighted by Crippen LogP contribution is -2.38. The maximum atomic E-state index is 12.4. The van der Waals surface area contributed by atoms with E-state index in [2.05, 4.69) is 10.3 Å². The van der Waals surface area contributed by atoms with Gasteiger partial charge in [-0.2, -0.15) is 0 Å². The number of benzene rings is 1. The molecule has 2 amide bonds. The Hall–Kier alpha value is -2.89. The van der Waals surface area contributed by atoms with E-state index >= 15 is 0 Å². The monoisotopic (exact) mass is 355 g/mol. The zero-order valence-corrected chi connectivity index (χ0v) is 15.9. The second-order valence-electron chi connectivity index (χ2n) is 6.29. The molecule has 1 aromatic carbocycles. The molecule has 0 radical (unpaired) electrons.